The van der Waals surface area contributed by atoms with Crippen molar-refractivity contribution in [2.45, 2.75) is 65.2 Å². The molecule has 15 heavy (non-hydrogen) atoms. The summed E-state index contributed by atoms with van der Waals surface area (Å²) in [5.74, 6) is 0. The van der Waals surface area contributed by atoms with Crippen molar-refractivity contribution in [2.24, 2.45) is 5.73 Å². The maximum atomic E-state index is 11.3. The smallest absolute Gasteiger partial charge is 0.432 e. The zero-order chi connectivity index (χ0) is 12.3. The monoisotopic (exact) mass is 217 g/mol. The standard InChI is InChI=1S/C11H23NO3/c1-8(2)14-9(13)15-11(5,6)7-10(3,4)12/h8H,7,12H2,1-6H3. The van der Waals surface area contributed by atoms with Gasteiger partial charge in [0.1, 0.15) is 5.60 Å². The number of rotatable bonds is 4. The number of hydrogen-bond donors (Lipinski definition) is 1. The van der Waals surface area contributed by atoms with E-state index in [1.165, 1.54) is 0 Å². The first-order valence-electron chi connectivity index (χ1n) is 5.20. The number of ether oxygens (including phenoxy) is 2. The fourth-order valence-electron chi connectivity index (χ4n) is 1.58. The number of carbonyl (C=O) groups excluding carboxylic acids is 1. The van der Waals surface area contributed by atoms with Crippen LogP contribution in [0.25, 0.3) is 0 Å². The van der Waals surface area contributed by atoms with Gasteiger partial charge in [0, 0.05) is 12.0 Å². The fourth-order valence-corrected chi connectivity index (χ4v) is 1.58. The van der Waals surface area contributed by atoms with Crippen LogP contribution in [0.4, 0.5) is 4.79 Å². The molecule has 2 N–H and O–H groups in total. The van der Waals surface area contributed by atoms with E-state index in [-0.39, 0.29) is 11.6 Å². The van der Waals surface area contributed by atoms with Crippen LogP contribution in [0.1, 0.15) is 48.0 Å². The maximum Gasteiger partial charge on any atom is 0.509 e. The van der Waals surface area contributed by atoms with Crippen molar-refractivity contribution >= 4 is 6.16 Å². The molecule has 0 saturated heterocycles. The van der Waals surface area contributed by atoms with Crippen molar-refractivity contribution in [1.29, 1.82) is 0 Å². The van der Waals surface area contributed by atoms with Crippen LogP contribution >= 0.6 is 0 Å². The van der Waals surface area contributed by atoms with E-state index in [0.29, 0.717) is 6.42 Å². The van der Waals surface area contributed by atoms with E-state index < -0.39 is 11.8 Å². The zero-order valence-electron chi connectivity index (χ0n) is 10.6. The van der Waals surface area contributed by atoms with Crippen molar-refractivity contribution in [1.82, 2.24) is 0 Å². The summed E-state index contributed by atoms with van der Waals surface area (Å²) < 4.78 is 10.1. The molecule has 0 aromatic rings. The molecule has 0 amide bonds. The quantitative estimate of drug-likeness (QED) is 0.735. The zero-order valence-corrected chi connectivity index (χ0v) is 10.6. The Balaban J connectivity index is 4.19. The molecule has 0 atom stereocenters. The molecule has 0 aromatic carbocycles. The van der Waals surface area contributed by atoms with E-state index >= 15 is 0 Å². The Kier molecular flexibility index (Phi) is 4.59. The average molecular weight is 217 g/mol. The van der Waals surface area contributed by atoms with Gasteiger partial charge in [0.25, 0.3) is 0 Å². The summed E-state index contributed by atoms with van der Waals surface area (Å²) in [5, 5.41) is 0. The highest BCUT2D eigenvalue weighted by molar-refractivity contribution is 5.60. The summed E-state index contributed by atoms with van der Waals surface area (Å²) >= 11 is 0. The van der Waals surface area contributed by atoms with Gasteiger partial charge in [0.2, 0.25) is 0 Å². The SMILES string of the molecule is CC(C)OC(=O)OC(C)(C)CC(C)(C)N. The molecule has 0 fully saturated rings. The van der Waals surface area contributed by atoms with Crippen LogP contribution in [0.2, 0.25) is 0 Å². The first kappa shape index (κ1) is 14.2. The van der Waals surface area contributed by atoms with E-state index in [2.05, 4.69) is 0 Å². The van der Waals surface area contributed by atoms with Crippen LogP contribution in [0.15, 0.2) is 0 Å². The second-order valence-electron chi connectivity index (χ2n) is 5.44. The minimum atomic E-state index is -0.640. The molecule has 4 heteroatoms. The molecule has 0 rings (SSSR count). The van der Waals surface area contributed by atoms with Gasteiger partial charge in [-0.3, -0.25) is 0 Å². The molecular formula is C11H23NO3. The highest BCUT2D eigenvalue weighted by atomic mass is 16.7. The lowest BCUT2D eigenvalue weighted by Gasteiger charge is -2.31. The van der Waals surface area contributed by atoms with Crippen molar-refractivity contribution in [3.05, 3.63) is 0 Å². The molecule has 0 bridgehead atoms. The Morgan fingerprint density at radius 2 is 1.73 bits per heavy atom. The van der Waals surface area contributed by atoms with Crippen LogP contribution in [-0.2, 0) is 9.47 Å². The Hall–Kier alpha value is -0.770. The van der Waals surface area contributed by atoms with Crippen molar-refractivity contribution in [3.8, 4) is 0 Å². The predicted octanol–water partition coefficient (Wildman–Crippen LogP) is 2.45. The molecule has 0 aliphatic heterocycles. The lowest BCUT2D eigenvalue weighted by atomic mass is 9.90. The van der Waals surface area contributed by atoms with Crippen LogP contribution < -0.4 is 5.73 Å². The molecule has 0 saturated carbocycles. The molecular weight excluding hydrogens is 194 g/mol. The van der Waals surface area contributed by atoms with Crippen LogP contribution in [0, 0.1) is 0 Å². The van der Waals surface area contributed by atoms with E-state index in [4.69, 9.17) is 15.2 Å². The van der Waals surface area contributed by atoms with E-state index in [9.17, 15) is 4.79 Å². The molecule has 90 valence electrons. The largest absolute Gasteiger partial charge is 0.509 e. The molecule has 0 spiro atoms. The van der Waals surface area contributed by atoms with Crippen LogP contribution in [-0.4, -0.2) is 23.4 Å². The second-order valence-corrected chi connectivity index (χ2v) is 5.44. The first-order valence-corrected chi connectivity index (χ1v) is 5.20. The number of hydrogen-bond acceptors (Lipinski definition) is 4. The maximum absolute atomic E-state index is 11.3. The minimum absolute atomic E-state index is 0.167. The van der Waals surface area contributed by atoms with Gasteiger partial charge >= 0.3 is 6.16 Å². The van der Waals surface area contributed by atoms with E-state index in [0.717, 1.165) is 0 Å². The lowest BCUT2D eigenvalue weighted by Crippen LogP contribution is -2.42. The molecule has 0 radical (unpaired) electrons. The third-order valence-electron chi connectivity index (χ3n) is 1.57. The molecule has 0 unspecified atom stereocenters. The van der Waals surface area contributed by atoms with Gasteiger partial charge in [0.05, 0.1) is 6.10 Å². The third-order valence-corrected chi connectivity index (χ3v) is 1.57. The molecule has 0 heterocycles. The summed E-state index contributed by atoms with van der Waals surface area (Å²) in [4.78, 5) is 11.3. The highest BCUT2D eigenvalue weighted by Gasteiger charge is 2.30. The molecule has 0 aromatic heterocycles. The van der Waals surface area contributed by atoms with Gasteiger partial charge < -0.3 is 15.2 Å². The Morgan fingerprint density at radius 3 is 2.07 bits per heavy atom. The fraction of sp³-hybridized carbons (Fsp3) is 0.909. The van der Waals surface area contributed by atoms with Crippen LogP contribution in [0.5, 0.6) is 0 Å². The van der Waals surface area contributed by atoms with Gasteiger partial charge in [0.15, 0.2) is 0 Å². The Labute approximate surface area is 92.1 Å². The van der Waals surface area contributed by atoms with Crippen molar-refractivity contribution in [3.63, 3.8) is 0 Å². The first-order chi connectivity index (χ1) is 6.52. The predicted molar refractivity (Wildman–Crippen MR) is 59.7 cm³/mol. The second kappa shape index (κ2) is 4.84. The van der Waals surface area contributed by atoms with Gasteiger partial charge in [-0.05, 0) is 41.5 Å². The molecule has 4 nitrogen and oxygen atoms in total. The van der Waals surface area contributed by atoms with E-state index in [1.54, 1.807) is 13.8 Å². The van der Waals surface area contributed by atoms with Crippen molar-refractivity contribution < 1.29 is 14.3 Å². The average Bonchev–Trinajstić information content (AvgIpc) is 1.73. The summed E-state index contributed by atoms with van der Waals surface area (Å²) in [7, 11) is 0. The summed E-state index contributed by atoms with van der Waals surface area (Å²) in [6.45, 7) is 11.0. The lowest BCUT2D eigenvalue weighted by molar-refractivity contribution is -0.0381. The Morgan fingerprint density at radius 1 is 1.27 bits per heavy atom. The minimum Gasteiger partial charge on any atom is -0.432 e. The topological polar surface area (TPSA) is 61.5 Å². The van der Waals surface area contributed by atoms with Crippen LogP contribution in [0.3, 0.4) is 0 Å². The van der Waals surface area contributed by atoms with Gasteiger partial charge in [-0.25, -0.2) is 4.79 Å². The summed E-state index contributed by atoms with van der Waals surface area (Å²) in [5.41, 5.74) is 4.89. The normalized spacial score (nSPS) is 12.8. The Bertz CT molecular complexity index is 216. The highest BCUT2D eigenvalue weighted by Crippen LogP contribution is 2.22. The number of nitrogens with two attached hydrogens (primary N) is 1. The number of carbonyl (C=O) groups is 1. The van der Waals surface area contributed by atoms with Gasteiger partial charge in [-0.2, -0.15) is 0 Å². The van der Waals surface area contributed by atoms with Gasteiger partial charge in [-0.15, -0.1) is 0 Å². The van der Waals surface area contributed by atoms with E-state index in [1.807, 2.05) is 27.7 Å². The summed E-state index contributed by atoms with van der Waals surface area (Å²) in [6, 6.07) is 0. The molecule has 0 aliphatic rings. The van der Waals surface area contributed by atoms with Crippen molar-refractivity contribution in [2.75, 3.05) is 0 Å². The molecule has 0 aliphatic carbocycles. The van der Waals surface area contributed by atoms with Gasteiger partial charge in [-0.1, -0.05) is 0 Å². The summed E-state index contributed by atoms with van der Waals surface area (Å²) in [6.07, 6.45) is -0.230. The third kappa shape index (κ3) is 8.24.